The van der Waals surface area contributed by atoms with Crippen molar-refractivity contribution in [2.24, 2.45) is 0 Å². The fraction of sp³-hybridized carbons (Fsp3) is 0.500. The highest BCUT2D eigenvalue weighted by Gasteiger charge is 2.29. The van der Waals surface area contributed by atoms with Crippen molar-refractivity contribution in [1.82, 2.24) is 10.4 Å². The maximum absolute atomic E-state index is 12.2. The van der Waals surface area contributed by atoms with Gasteiger partial charge in [-0.2, -0.15) is 0 Å². The van der Waals surface area contributed by atoms with E-state index in [0.29, 0.717) is 6.54 Å². The molecule has 7 heteroatoms. The Labute approximate surface area is 196 Å². The molecule has 0 bridgehead atoms. The summed E-state index contributed by atoms with van der Waals surface area (Å²) in [5, 5.41) is 0. The second-order valence-corrected chi connectivity index (χ2v) is 8.85. The Hall–Kier alpha value is -2.77. The average Bonchev–Trinajstić information content (AvgIpc) is 3.34. The SMILES string of the molecule is CONC(=O)CN1CCN(c2ccc(OC)c(OC3CCCC3)c2)C[C@@H]1Cc1ccccc1. The zero-order valence-electron chi connectivity index (χ0n) is 19.7. The summed E-state index contributed by atoms with van der Waals surface area (Å²) in [6.45, 7) is 2.77. The normalized spacial score (nSPS) is 19.5. The Bertz CT molecular complexity index is 902. The van der Waals surface area contributed by atoms with E-state index in [1.807, 2.05) is 12.1 Å². The van der Waals surface area contributed by atoms with Crippen molar-refractivity contribution in [1.29, 1.82) is 0 Å². The number of amides is 1. The van der Waals surface area contributed by atoms with Gasteiger partial charge in [0, 0.05) is 37.4 Å². The molecule has 2 aliphatic rings. The number of benzene rings is 2. The van der Waals surface area contributed by atoms with Crippen LogP contribution in [0.4, 0.5) is 5.69 Å². The predicted molar refractivity (Wildman–Crippen MR) is 129 cm³/mol. The number of carbonyl (C=O) groups excluding carboxylic acids is 1. The summed E-state index contributed by atoms with van der Waals surface area (Å²) in [7, 11) is 3.16. The van der Waals surface area contributed by atoms with Crippen molar-refractivity contribution in [2.45, 2.75) is 44.2 Å². The van der Waals surface area contributed by atoms with Crippen LogP contribution >= 0.6 is 0 Å². The number of nitrogens with zero attached hydrogens (tertiary/aromatic N) is 2. The monoisotopic (exact) mass is 453 g/mol. The summed E-state index contributed by atoms with van der Waals surface area (Å²) < 4.78 is 11.9. The van der Waals surface area contributed by atoms with Gasteiger partial charge in [0.2, 0.25) is 0 Å². The molecule has 1 amide bonds. The molecule has 1 atom stereocenters. The van der Waals surface area contributed by atoms with Crippen LogP contribution in [0.3, 0.4) is 0 Å². The Morgan fingerprint density at radius 2 is 1.82 bits per heavy atom. The quantitative estimate of drug-likeness (QED) is 0.587. The molecule has 0 radical (unpaired) electrons. The third kappa shape index (κ3) is 6.18. The first-order valence-electron chi connectivity index (χ1n) is 11.9. The Morgan fingerprint density at radius 1 is 1.03 bits per heavy atom. The molecule has 0 unspecified atom stereocenters. The van der Waals surface area contributed by atoms with Crippen LogP contribution in [0.25, 0.3) is 0 Å². The average molecular weight is 454 g/mol. The molecular weight excluding hydrogens is 418 g/mol. The molecule has 33 heavy (non-hydrogen) atoms. The van der Waals surface area contributed by atoms with Gasteiger partial charge in [-0.15, -0.1) is 0 Å². The number of ether oxygens (including phenoxy) is 2. The van der Waals surface area contributed by atoms with Crippen molar-refractivity contribution >= 4 is 11.6 Å². The summed E-state index contributed by atoms with van der Waals surface area (Å²) in [6, 6.07) is 16.9. The van der Waals surface area contributed by atoms with Crippen LogP contribution in [-0.2, 0) is 16.1 Å². The lowest BCUT2D eigenvalue weighted by Gasteiger charge is -2.42. The van der Waals surface area contributed by atoms with E-state index in [9.17, 15) is 4.79 Å². The number of piperazine rings is 1. The van der Waals surface area contributed by atoms with E-state index in [1.165, 1.54) is 25.5 Å². The molecule has 1 saturated heterocycles. The van der Waals surface area contributed by atoms with Crippen molar-refractivity contribution in [3.8, 4) is 11.5 Å². The van der Waals surface area contributed by atoms with Gasteiger partial charge < -0.3 is 14.4 Å². The highest BCUT2D eigenvalue weighted by Crippen LogP contribution is 2.35. The largest absolute Gasteiger partial charge is 0.493 e. The van der Waals surface area contributed by atoms with Crippen LogP contribution in [0.2, 0.25) is 0 Å². The molecular formula is C26H35N3O4. The summed E-state index contributed by atoms with van der Waals surface area (Å²) >= 11 is 0. The lowest BCUT2D eigenvalue weighted by Crippen LogP contribution is -2.56. The maximum Gasteiger partial charge on any atom is 0.257 e. The van der Waals surface area contributed by atoms with E-state index in [-0.39, 0.29) is 18.1 Å². The molecule has 1 N–H and O–H groups in total. The third-order valence-electron chi connectivity index (χ3n) is 6.59. The summed E-state index contributed by atoms with van der Waals surface area (Å²) in [6.07, 6.45) is 5.82. The number of methoxy groups -OCH3 is 1. The highest BCUT2D eigenvalue weighted by atomic mass is 16.6. The minimum absolute atomic E-state index is 0.124. The third-order valence-corrected chi connectivity index (χ3v) is 6.59. The molecule has 2 aromatic carbocycles. The van der Waals surface area contributed by atoms with E-state index in [1.54, 1.807) is 7.11 Å². The number of hydrogen-bond donors (Lipinski definition) is 1. The van der Waals surface area contributed by atoms with Crippen LogP contribution < -0.4 is 19.9 Å². The lowest BCUT2D eigenvalue weighted by molar-refractivity contribution is -0.133. The minimum atomic E-state index is -0.124. The molecule has 1 heterocycles. The van der Waals surface area contributed by atoms with Crippen LogP contribution in [0.1, 0.15) is 31.2 Å². The second-order valence-electron chi connectivity index (χ2n) is 8.85. The summed E-state index contributed by atoms with van der Waals surface area (Å²) in [4.78, 5) is 21.7. The van der Waals surface area contributed by atoms with E-state index >= 15 is 0 Å². The van der Waals surface area contributed by atoms with E-state index in [0.717, 1.165) is 56.1 Å². The number of hydroxylamine groups is 1. The molecule has 1 aliphatic heterocycles. The molecule has 4 rings (SSSR count). The first-order valence-corrected chi connectivity index (χ1v) is 11.9. The van der Waals surface area contributed by atoms with Crippen LogP contribution in [0.5, 0.6) is 11.5 Å². The fourth-order valence-corrected chi connectivity index (χ4v) is 4.89. The molecule has 0 aromatic heterocycles. The fourth-order valence-electron chi connectivity index (χ4n) is 4.89. The van der Waals surface area contributed by atoms with Gasteiger partial charge in [0.05, 0.1) is 26.9 Å². The second kappa shape index (κ2) is 11.4. The van der Waals surface area contributed by atoms with E-state index in [4.69, 9.17) is 14.3 Å². The van der Waals surface area contributed by atoms with Crippen molar-refractivity contribution < 1.29 is 19.1 Å². The first-order chi connectivity index (χ1) is 16.2. The maximum atomic E-state index is 12.2. The van der Waals surface area contributed by atoms with Gasteiger partial charge in [0.15, 0.2) is 11.5 Å². The molecule has 1 saturated carbocycles. The van der Waals surface area contributed by atoms with Crippen molar-refractivity contribution in [3.05, 3.63) is 54.1 Å². The molecule has 7 nitrogen and oxygen atoms in total. The zero-order valence-corrected chi connectivity index (χ0v) is 19.7. The van der Waals surface area contributed by atoms with Gasteiger partial charge in [0.1, 0.15) is 0 Å². The van der Waals surface area contributed by atoms with Gasteiger partial charge in [-0.05, 0) is 49.8 Å². The summed E-state index contributed by atoms with van der Waals surface area (Å²) in [5.41, 5.74) is 4.84. The van der Waals surface area contributed by atoms with Gasteiger partial charge in [-0.1, -0.05) is 30.3 Å². The van der Waals surface area contributed by atoms with E-state index < -0.39 is 0 Å². The molecule has 2 aromatic rings. The Morgan fingerprint density at radius 3 is 2.55 bits per heavy atom. The van der Waals surface area contributed by atoms with Gasteiger partial charge in [-0.3, -0.25) is 14.5 Å². The first kappa shape index (κ1) is 23.4. The molecule has 178 valence electrons. The number of rotatable bonds is 9. The smallest absolute Gasteiger partial charge is 0.257 e. The Kier molecular flexibility index (Phi) is 8.07. The van der Waals surface area contributed by atoms with Crippen molar-refractivity contribution in [3.63, 3.8) is 0 Å². The number of carbonyl (C=O) groups is 1. The van der Waals surface area contributed by atoms with Gasteiger partial charge >= 0.3 is 0 Å². The topological polar surface area (TPSA) is 63.3 Å². The molecule has 2 fully saturated rings. The predicted octanol–water partition coefficient (Wildman–Crippen LogP) is 3.43. The van der Waals surface area contributed by atoms with Gasteiger partial charge in [-0.25, -0.2) is 5.48 Å². The summed E-state index contributed by atoms with van der Waals surface area (Å²) in [5.74, 6) is 1.48. The van der Waals surface area contributed by atoms with Crippen LogP contribution in [-0.4, -0.2) is 63.4 Å². The standard InChI is InChI=1S/C26H35N3O4/c1-31-24-13-12-21(17-25(24)33-23-10-6-7-11-23)28-14-15-29(19-26(30)27-32-2)22(18-28)16-20-8-4-3-5-9-20/h3-5,8-9,12-13,17,22-23H,6-7,10-11,14-16,18-19H2,1-2H3,(H,27,30)/t22-/m0/s1. The lowest BCUT2D eigenvalue weighted by atomic mass is 10.0. The minimum Gasteiger partial charge on any atom is -0.493 e. The van der Waals surface area contributed by atoms with Crippen molar-refractivity contribution in [2.75, 3.05) is 45.3 Å². The van der Waals surface area contributed by atoms with Gasteiger partial charge in [0.25, 0.3) is 5.91 Å². The number of anilines is 1. The molecule has 0 spiro atoms. The number of nitrogens with one attached hydrogen (secondary N) is 1. The van der Waals surface area contributed by atoms with E-state index in [2.05, 4.69) is 51.7 Å². The number of hydrogen-bond acceptors (Lipinski definition) is 6. The van der Waals surface area contributed by atoms with Crippen LogP contribution in [0.15, 0.2) is 48.5 Å². The Balaban J connectivity index is 1.51. The zero-order chi connectivity index (χ0) is 23.0. The highest BCUT2D eigenvalue weighted by molar-refractivity contribution is 5.77. The molecule has 1 aliphatic carbocycles. The van der Waals surface area contributed by atoms with Crippen LogP contribution in [0, 0.1) is 0 Å².